The average molecular weight is 357 g/mol. The number of benzene rings is 1. The van der Waals surface area contributed by atoms with Crippen LogP contribution in [-0.2, 0) is 4.74 Å². The van der Waals surface area contributed by atoms with Crippen molar-refractivity contribution in [2.75, 3.05) is 13.2 Å². The number of aromatic nitrogens is 2. The zero-order valence-electron chi connectivity index (χ0n) is 14.0. The standard InChI is InChI=1S/C20H21ClN2O2/c21-15-5-7-16(8-6-15)23-19-4-2-1-3-17(24)13-18(19)20(22-23)14-9-11-25-12-10-14/h3-8,13-14,24H,1-2,9-12H2/b17-3?,18-13?,19-4-. The summed E-state index contributed by atoms with van der Waals surface area (Å²) >= 11 is 6.04. The maximum absolute atomic E-state index is 10.2. The Morgan fingerprint density at radius 3 is 2.56 bits per heavy atom. The molecule has 1 aromatic heterocycles. The fourth-order valence-electron chi connectivity index (χ4n) is 3.51. The van der Waals surface area contributed by atoms with Crippen molar-refractivity contribution < 1.29 is 9.84 Å². The van der Waals surface area contributed by atoms with Crippen molar-refractivity contribution in [2.24, 2.45) is 0 Å². The topological polar surface area (TPSA) is 47.3 Å². The van der Waals surface area contributed by atoms with Gasteiger partial charge in [0.2, 0.25) is 0 Å². The smallest absolute Gasteiger partial charge is 0.112 e. The highest BCUT2D eigenvalue weighted by molar-refractivity contribution is 6.30. The summed E-state index contributed by atoms with van der Waals surface area (Å²) in [6.07, 6.45) is 9.55. The van der Waals surface area contributed by atoms with Crippen molar-refractivity contribution in [1.82, 2.24) is 9.78 Å². The van der Waals surface area contributed by atoms with E-state index in [4.69, 9.17) is 21.4 Å². The van der Waals surface area contributed by atoms with Gasteiger partial charge in [-0.05, 0) is 62.1 Å². The molecule has 0 unspecified atom stereocenters. The van der Waals surface area contributed by atoms with Crippen molar-refractivity contribution in [3.8, 4) is 5.69 Å². The van der Waals surface area contributed by atoms with Crippen LogP contribution in [0.25, 0.3) is 17.8 Å². The Balaban J connectivity index is 1.94. The predicted molar refractivity (Wildman–Crippen MR) is 99.5 cm³/mol. The van der Waals surface area contributed by atoms with Crippen LogP contribution >= 0.6 is 11.6 Å². The van der Waals surface area contributed by atoms with Crippen LogP contribution in [0, 0.1) is 0 Å². The van der Waals surface area contributed by atoms with Crippen LogP contribution in [0.2, 0.25) is 5.02 Å². The Morgan fingerprint density at radius 2 is 1.80 bits per heavy atom. The number of aliphatic hydroxyl groups is 1. The van der Waals surface area contributed by atoms with E-state index < -0.39 is 0 Å². The lowest BCUT2D eigenvalue weighted by Gasteiger charge is -2.20. The fourth-order valence-corrected chi connectivity index (χ4v) is 3.64. The molecule has 0 spiro atoms. The van der Waals surface area contributed by atoms with Gasteiger partial charge in [-0.2, -0.15) is 5.10 Å². The quantitative estimate of drug-likeness (QED) is 0.898. The number of hydrogen-bond donors (Lipinski definition) is 1. The van der Waals surface area contributed by atoms with E-state index in [0.717, 1.165) is 60.8 Å². The van der Waals surface area contributed by atoms with Crippen molar-refractivity contribution in [3.05, 3.63) is 57.4 Å². The molecular formula is C20H21ClN2O2. The molecule has 2 heterocycles. The van der Waals surface area contributed by atoms with Gasteiger partial charge in [0.15, 0.2) is 0 Å². The Kier molecular flexibility index (Phi) is 4.64. The normalized spacial score (nSPS) is 19.7. The molecule has 5 heteroatoms. The summed E-state index contributed by atoms with van der Waals surface area (Å²) in [5.41, 5.74) is 2.03. The molecule has 1 aliphatic heterocycles. The average Bonchev–Trinajstić information content (AvgIpc) is 2.96. The first-order chi connectivity index (χ1) is 12.2. The summed E-state index contributed by atoms with van der Waals surface area (Å²) in [4.78, 5) is 0. The molecule has 1 aliphatic carbocycles. The largest absolute Gasteiger partial charge is 0.508 e. The third kappa shape index (κ3) is 3.37. The number of ether oxygens (including phenoxy) is 1. The molecule has 4 nitrogen and oxygen atoms in total. The van der Waals surface area contributed by atoms with Crippen LogP contribution in [0.5, 0.6) is 0 Å². The summed E-state index contributed by atoms with van der Waals surface area (Å²) in [6.45, 7) is 1.53. The number of rotatable bonds is 2. The minimum atomic E-state index is 0.318. The zero-order chi connectivity index (χ0) is 17.2. The van der Waals surface area contributed by atoms with E-state index in [1.54, 1.807) is 0 Å². The van der Waals surface area contributed by atoms with Crippen LogP contribution in [0.4, 0.5) is 0 Å². The minimum Gasteiger partial charge on any atom is -0.508 e. The number of nitrogens with zero attached hydrogens (tertiary/aromatic N) is 2. The highest BCUT2D eigenvalue weighted by Gasteiger charge is 2.22. The Hall–Kier alpha value is -2.04. The molecule has 4 rings (SSSR count). The number of aliphatic hydroxyl groups excluding tert-OH is 1. The van der Waals surface area contributed by atoms with E-state index in [1.807, 2.05) is 41.1 Å². The van der Waals surface area contributed by atoms with Crippen molar-refractivity contribution in [1.29, 1.82) is 0 Å². The van der Waals surface area contributed by atoms with E-state index in [2.05, 4.69) is 6.08 Å². The van der Waals surface area contributed by atoms with E-state index in [-0.39, 0.29) is 0 Å². The van der Waals surface area contributed by atoms with E-state index in [0.29, 0.717) is 16.7 Å². The predicted octanol–water partition coefficient (Wildman–Crippen LogP) is 3.22. The monoisotopic (exact) mass is 356 g/mol. The second-order valence-electron chi connectivity index (χ2n) is 6.51. The molecule has 0 saturated carbocycles. The van der Waals surface area contributed by atoms with Gasteiger partial charge < -0.3 is 9.84 Å². The minimum absolute atomic E-state index is 0.318. The second kappa shape index (κ2) is 7.06. The Bertz CT molecular complexity index is 906. The van der Waals surface area contributed by atoms with Crippen LogP contribution in [0.15, 0.2) is 36.1 Å². The van der Waals surface area contributed by atoms with Crippen molar-refractivity contribution in [2.45, 2.75) is 31.6 Å². The van der Waals surface area contributed by atoms with E-state index >= 15 is 0 Å². The third-order valence-corrected chi connectivity index (χ3v) is 5.07. The molecule has 2 aromatic rings. The fraction of sp³-hybridized carbons (Fsp3) is 0.350. The molecule has 1 saturated heterocycles. The number of allylic oxidation sites excluding steroid dienone is 2. The zero-order valence-corrected chi connectivity index (χ0v) is 14.7. The maximum Gasteiger partial charge on any atom is 0.112 e. The first kappa shape index (κ1) is 16.4. The molecular weight excluding hydrogens is 336 g/mol. The van der Waals surface area contributed by atoms with Crippen LogP contribution in [0.1, 0.15) is 37.3 Å². The van der Waals surface area contributed by atoms with E-state index in [9.17, 15) is 5.11 Å². The van der Waals surface area contributed by atoms with Crippen molar-refractivity contribution >= 4 is 23.8 Å². The molecule has 130 valence electrons. The van der Waals surface area contributed by atoms with Gasteiger partial charge in [-0.25, -0.2) is 4.68 Å². The third-order valence-electron chi connectivity index (χ3n) is 4.82. The van der Waals surface area contributed by atoms with Crippen LogP contribution in [0.3, 0.4) is 0 Å². The van der Waals surface area contributed by atoms with Gasteiger partial charge in [0, 0.05) is 29.4 Å². The Labute approximate surface area is 151 Å². The molecule has 1 N–H and O–H groups in total. The second-order valence-corrected chi connectivity index (χ2v) is 6.95. The number of fused-ring (bicyclic) bond motifs is 1. The maximum atomic E-state index is 10.2. The summed E-state index contributed by atoms with van der Waals surface area (Å²) in [5.74, 6) is 0.672. The van der Waals surface area contributed by atoms with Gasteiger partial charge in [0.1, 0.15) is 5.76 Å². The highest BCUT2D eigenvalue weighted by atomic mass is 35.5. The summed E-state index contributed by atoms with van der Waals surface area (Å²) in [6, 6.07) is 7.71. The first-order valence-corrected chi connectivity index (χ1v) is 9.14. The van der Waals surface area contributed by atoms with Gasteiger partial charge in [-0.15, -0.1) is 0 Å². The summed E-state index contributed by atoms with van der Waals surface area (Å²) in [7, 11) is 0. The molecule has 0 amide bonds. The van der Waals surface area contributed by atoms with E-state index in [1.165, 1.54) is 0 Å². The van der Waals surface area contributed by atoms with Gasteiger partial charge >= 0.3 is 0 Å². The lowest BCUT2D eigenvalue weighted by molar-refractivity contribution is 0.0842. The molecule has 1 fully saturated rings. The van der Waals surface area contributed by atoms with Gasteiger partial charge in [-0.3, -0.25) is 0 Å². The highest BCUT2D eigenvalue weighted by Crippen LogP contribution is 2.23. The van der Waals surface area contributed by atoms with Crippen LogP contribution < -0.4 is 10.6 Å². The van der Waals surface area contributed by atoms with Gasteiger partial charge in [0.05, 0.1) is 16.7 Å². The number of hydrogen-bond acceptors (Lipinski definition) is 3. The molecule has 0 radical (unpaired) electrons. The van der Waals surface area contributed by atoms with Crippen LogP contribution in [-0.4, -0.2) is 28.1 Å². The summed E-state index contributed by atoms with van der Waals surface area (Å²) < 4.78 is 7.49. The molecule has 25 heavy (non-hydrogen) atoms. The lowest BCUT2D eigenvalue weighted by Crippen LogP contribution is -2.32. The Morgan fingerprint density at radius 1 is 1.08 bits per heavy atom. The number of halogens is 1. The molecule has 0 bridgehead atoms. The first-order valence-electron chi connectivity index (χ1n) is 8.76. The van der Waals surface area contributed by atoms with Gasteiger partial charge in [0.25, 0.3) is 0 Å². The SMILES string of the molecule is OC1=CCC/C=c2/c(c(C3CCOCC3)nn2-c2ccc(Cl)cc2)=C1. The molecule has 1 aromatic carbocycles. The molecule has 2 aliphatic rings. The summed E-state index contributed by atoms with van der Waals surface area (Å²) in [5, 5.41) is 17.9. The lowest BCUT2D eigenvalue weighted by atomic mass is 9.95. The van der Waals surface area contributed by atoms with Gasteiger partial charge in [-0.1, -0.05) is 17.7 Å². The van der Waals surface area contributed by atoms with Crippen molar-refractivity contribution in [3.63, 3.8) is 0 Å². The molecule has 0 atom stereocenters.